The van der Waals surface area contributed by atoms with E-state index in [0.29, 0.717) is 19.1 Å². The lowest BCUT2D eigenvalue weighted by molar-refractivity contribution is -0.125. The summed E-state index contributed by atoms with van der Waals surface area (Å²) < 4.78 is 0. The number of nitrogens with two attached hydrogens (primary N) is 1. The number of carbonyl (C=O) groups is 1. The predicted molar refractivity (Wildman–Crippen MR) is 89.0 cm³/mol. The summed E-state index contributed by atoms with van der Waals surface area (Å²) >= 11 is 6.16. The number of piperazine rings is 1. The Morgan fingerprint density at radius 3 is 2.77 bits per heavy atom. The molecule has 0 aromatic heterocycles. The van der Waals surface area contributed by atoms with E-state index in [1.165, 1.54) is 5.56 Å². The van der Waals surface area contributed by atoms with Gasteiger partial charge in [0, 0.05) is 36.1 Å². The minimum Gasteiger partial charge on any atom is -0.354 e. The Hall–Kier alpha value is -1.10. The summed E-state index contributed by atoms with van der Waals surface area (Å²) in [5.41, 5.74) is 7.45. The number of amides is 1. The maximum Gasteiger partial charge on any atom is 0.234 e. The second-order valence-corrected chi connectivity index (χ2v) is 6.98. The van der Waals surface area contributed by atoms with Gasteiger partial charge in [0.15, 0.2) is 0 Å². The number of hydrogen-bond acceptors (Lipinski definition) is 3. The zero-order valence-corrected chi connectivity index (χ0v) is 13.6. The molecule has 0 radical (unpaired) electrons. The van der Waals surface area contributed by atoms with E-state index in [0.717, 1.165) is 43.8 Å². The number of nitrogens with one attached hydrogen (secondary N) is 1. The van der Waals surface area contributed by atoms with Crippen LogP contribution in [0, 0.1) is 0 Å². The van der Waals surface area contributed by atoms with Crippen LogP contribution in [0.2, 0.25) is 5.02 Å². The first-order valence-corrected chi connectivity index (χ1v) is 8.48. The van der Waals surface area contributed by atoms with Crippen molar-refractivity contribution >= 4 is 17.5 Å². The van der Waals surface area contributed by atoms with Crippen molar-refractivity contribution in [3.63, 3.8) is 0 Å². The fourth-order valence-corrected chi connectivity index (χ4v) is 4.11. The van der Waals surface area contributed by atoms with Gasteiger partial charge in [-0.3, -0.25) is 9.69 Å². The van der Waals surface area contributed by atoms with Crippen molar-refractivity contribution in [2.45, 2.75) is 37.1 Å². The average Bonchev–Trinajstić information content (AvgIpc) is 2.55. The van der Waals surface area contributed by atoms with Gasteiger partial charge in [-0.05, 0) is 43.4 Å². The van der Waals surface area contributed by atoms with Gasteiger partial charge in [-0.2, -0.15) is 0 Å². The number of hydrogen-bond donors (Lipinski definition) is 2. The Labute approximate surface area is 137 Å². The first kappa shape index (κ1) is 15.8. The third-order valence-electron chi connectivity index (χ3n) is 5.32. The molecule has 1 aromatic carbocycles. The van der Waals surface area contributed by atoms with E-state index in [-0.39, 0.29) is 11.3 Å². The van der Waals surface area contributed by atoms with Crippen LogP contribution in [0.1, 0.15) is 31.2 Å². The zero-order chi connectivity index (χ0) is 15.6. The number of halogens is 1. The second kappa shape index (κ2) is 6.57. The largest absolute Gasteiger partial charge is 0.354 e. The molecule has 0 spiro atoms. The van der Waals surface area contributed by atoms with Crippen LogP contribution in [-0.4, -0.2) is 43.0 Å². The topological polar surface area (TPSA) is 58.4 Å². The molecule has 3 rings (SSSR count). The fraction of sp³-hybridized carbons (Fsp3) is 0.588. The Bertz CT molecular complexity index is 540. The highest BCUT2D eigenvalue weighted by Crippen LogP contribution is 2.40. The zero-order valence-electron chi connectivity index (χ0n) is 12.9. The fourth-order valence-electron chi connectivity index (χ4n) is 3.92. The summed E-state index contributed by atoms with van der Waals surface area (Å²) in [7, 11) is 0. The summed E-state index contributed by atoms with van der Waals surface area (Å²) in [5, 5.41) is 3.67. The minimum absolute atomic E-state index is 0.0411. The van der Waals surface area contributed by atoms with Crippen LogP contribution in [0.3, 0.4) is 0 Å². The van der Waals surface area contributed by atoms with E-state index in [1.54, 1.807) is 0 Å². The molecule has 1 saturated carbocycles. The van der Waals surface area contributed by atoms with Gasteiger partial charge in [0.25, 0.3) is 0 Å². The molecule has 120 valence electrons. The van der Waals surface area contributed by atoms with Crippen LogP contribution in [0.15, 0.2) is 24.3 Å². The predicted octanol–water partition coefficient (Wildman–Crippen LogP) is 1.91. The summed E-state index contributed by atoms with van der Waals surface area (Å²) in [4.78, 5) is 13.9. The lowest BCUT2D eigenvalue weighted by Crippen LogP contribution is -2.53. The van der Waals surface area contributed by atoms with E-state index in [1.807, 2.05) is 12.1 Å². The highest BCUT2D eigenvalue weighted by molar-refractivity contribution is 6.30. The van der Waals surface area contributed by atoms with Crippen molar-refractivity contribution in [2.75, 3.05) is 26.2 Å². The molecular weight excluding hydrogens is 298 g/mol. The van der Waals surface area contributed by atoms with Gasteiger partial charge >= 0.3 is 0 Å². The standard InChI is InChI=1S/C17H24ClN3O/c18-14-3-1-2-13(10-14)17(12-19)6-4-15(5-7-17)21-9-8-20-16(22)11-21/h1-3,10,15H,4-9,11-12,19H2,(H,20,22)/t15-,17+. The van der Waals surface area contributed by atoms with Gasteiger partial charge < -0.3 is 11.1 Å². The molecule has 0 unspecified atom stereocenters. The third-order valence-corrected chi connectivity index (χ3v) is 5.56. The minimum atomic E-state index is 0.0411. The first-order valence-electron chi connectivity index (χ1n) is 8.10. The molecule has 1 aliphatic heterocycles. The number of carbonyl (C=O) groups excluding carboxylic acids is 1. The molecule has 0 atom stereocenters. The molecule has 1 saturated heterocycles. The van der Waals surface area contributed by atoms with Crippen LogP contribution in [0.5, 0.6) is 0 Å². The summed E-state index contributed by atoms with van der Waals surface area (Å²) in [6, 6.07) is 8.63. The van der Waals surface area contributed by atoms with Crippen LogP contribution >= 0.6 is 11.6 Å². The quantitative estimate of drug-likeness (QED) is 0.894. The monoisotopic (exact) mass is 321 g/mol. The van der Waals surface area contributed by atoms with Crippen molar-refractivity contribution in [2.24, 2.45) is 5.73 Å². The van der Waals surface area contributed by atoms with Crippen LogP contribution in [-0.2, 0) is 10.2 Å². The molecule has 1 aliphatic carbocycles. The highest BCUT2D eigenvalue weighted by Gasteiger charge is 2.38. The third kappa shape index (κ3) is 3.14. The summed E-state index contributed by atoms with van der Waals surface area (Å²) in [6.45, 7) is 2.92. The molecule has 1 heterocycles. The Morgan fingerprint density at radius 1 is 1.36 bits per heavy atom. The maximum absolute atomic E-state index is 11.6. The summed E-state index contributed by atoms with van der Waals surface area (Å²) in [5.74, 6) is 0.150. The molecule has 22 heavy (non-hydrogen) atoms. The SMILES string of the molecule is NC[C@]1(c2cccc(Cl)c2)CC[C@@H](N2CCNC(=O)C2)CC1. The molecule has 3 N–H and O–H groups in total. The van der Waals surface area contributed by atoms with Gasteiger partial charge in [-0.15, -0.1) is 0 Å². The van der Waals surface area contributed by atoms with Gasteiger partial charge in [-0.25, -0.2) is 0 Å². The Balaban J connectivity index is 1.70. The van der Waals surface area contributed by atoms with Crippen molar-refractivity contribution in [1.29, 1.82) is 0 Å². The van der Waals surface area contributed by atoms with Crippen molar-refractivity contribution < 1.29 is 4.79 Å². The average molecular weight is 322 g/mol. The molecule has 4 nitrogen and oxygen atoms in total. The highest BCUT2D eigenvalue weighted by atomic mass is 35.5. The number of rotatable bonds is 3. The van der Waals surface area contributed by atoms with E-state index in [2.05, 4.69) is 22.3 Å². The smallest absolute Gasteiger partial charge is 0.234 e. The Kier molecular flexibility index (Phi) is 4.71. The van der Waals surface area contributed by atoms with E-state index < -0.39 is 0 Å². The lowest BCUT2D eigenvalue weighted by Gasteiger charge is -2.44. The molecule has 5 heteroatoms. The van der Waals surface area contributed by atoms with Gasteiger partial charge in [0.05, 0.1) is 6.54 Å². The van der Waals surface area contributed by atoms with Crippen molar-refractivity contribution in [3.8, 4) is 0 Å². The Morgan fingerprint density at radius 2 is 2.14 bits per heavy atom. The van der Waals surface area contributed by atoms with E-state index in [9.17, 15) is 4.79 Å². The lowest BCUT2D eigenvalue weighted by atomic mass is 9.68. The van der Waals surface area contributed by atoms with Gasteiger partial charge in [0.2, 0.25) is 5.91 Å². The molecule has 0 bridgehead atoms. The summed E-state index contributed by atoms with van der Waals surface area (Å²) in [6.07, 6.45) is 4.31. The first-order chi connectivity index (χ1) is 10.6. The van der Waals surface area contributed by atoms with Crippen LogP contribution in [0.4, 0.5) is 0 Å². The molecular formula is C17H24ClN3O. The molecule has 2 fully saturated rings. The van der Waals surface area contributed by atoms with Crippen LogP contribution < -0.4 is 11.1 Å². The molecule has 1 amide bonds. The van der Waals surface area contributed by atoms with Crippen LogP contribution in [0.25, 0.3) is 0 Å². The van der Waals surface area contributed by atoms with E-state index >= 15 is 0 Å². The van der Waals surface area contributed by atoms with Crippen molar-refractivity contribution in [1.82, 2.24) is 10.2 Å². The van der Waals surface area contributed by atoms with Gasteiger partial charge in [-0.1, -0.05) is 23.7 Å². The number of benzene rings is 1. The normalized spacial score (nSPS) is 30.1. The second-order valence-electron chi connectivity index (χ2n) is 6.55. The number of nitrogens with zero attached hydrogens (tertiary/aromatic N) is 1. The van der Waals surface area contributed by atoms with Gasteiger partial charge in [0.1, 0.15) is 0 Å². The molecule has 2 aliphatic rings. The molecule has 1 aromatic rings. The van der Waals surface area contributed by atoms with Crippen molar-refractivity contribution in [3.05, 3.63) is 34.9 Å². The maximum atomic E-state index is 11.6. The van der Waals surface area contributed by atoms with E-state index in [4.69, 9.17) is 17.3 Å².